The van der Waals surface area contributed by atoms with Crippen LogP contribution in [0.1, 0.15) is 0 Å². The molecular weight excluding hydrogens is 254 g/mol. The Labute approximate surface area is 110 Å². The molecule has 0 spiro atoms. The van der Waals surface area contributed by atoms with Gasteiger partial charge in [0.1, 0.15) is 12.4 Å². The second-order valence-corrected chi connectivity index (χ2v) is 3.83. The third-order valence-corrected chi connectivity index (χ3v) is 2.12. The zero-order valence-corrected chi connectivity index (χ0v) is 11.0. The summed E-state index contributed by atoms with van der Waals surface area (Å²) in [5.41, 5.74) is 6.60. The Morgan fingerprint density at radius 1 is 1.39 bits per heavy atom. The molecule has 0 saturated heterocycles. The summed E-state index contributed by atoms with van der Waals surface area (Å²) >= 11 is 4.73. The maximum Gasteiger partial charge on any atom is 0.250 e. The summed E-state index contributed by atoms with van der Waals surface area (Å²) in [4.78, 5) is 11.4. The Kier molecular flexibility index (Phi) is 5.34. The van der Waals surface area contributed by atoms with Crippen LogP contribution in [0.25, 0.3) is 0 Å². The summed E-state index contributed by atoms with van der Waals surface area (Å²) in [5, 5.41) is 5.60. The van der Waals surface area contributed by atoms with Crippen molar-refractivity contribution in [3.8, 4) is 5.75 Å². The summed E-state index contributed by atoms with van der Waals surface area (Å²) in [5.74, 6) is 0.242. The maximum absolute atomic E-state index is 11.4. The van der Waals surface area contributed by atoms with Gasteiger partial charge in [0, 0.05) is 18.9 Å². The molecule has 0 aliphatic carbocycles. The van der Waals surface area contributed by atoms with Crippen LogP contribution in [-0.2, 0) is 9.53 Å². The van der Waals surface area contributed by atoms with Gasteiger partial charge in [-0.1, -0.05) is 0 Å². The normalized spacial score (nSPS) is 9.67. The van der Waals surface area contributed by atoms with Crippen molar-refractivity contribution < 1.29 is 14.3 Å². The van der Waals surface area contributed by atoms with Crippen molar-refractivity contribution >= 4 is 34.6 Å². The second-order valence-electron chi connectivity index (χ2n) is 3.39. The lowest BCUT2D eigenvalue weighted by atomic mass is 10.2. The molecule has 0 bridgehead atoms. The highest BCUT2D eigenvalue weighted by Gasteiger charge is 2.08. The fourth-order valence-electron chi connectivity index (χ4n) is 1.33. The topological polar surface area (TPSA) is 85.6 Å². The van der Waals surface area contributed by atoms with Crippen molar-refractivity contribution in [3.63, 3.8) is 0 Å². The number of ether oxygens (including phenoxy) is 2. The number of amides is 1. The SMILES string of the molecule is COCC(=O)Nc1ccc(NC(N)=S)cc1OC. The Hall–Kier alpha value is -1.86. The van der Waals surface area contributed by atoms with Gasteiger partial charge in [-0.15, -0.1) is 0 Å². The number of thiocarbonyl (C=S) groups is 1. The molecule has 1 amide bonds. The van der Waals surface area contributed by atoms with E-state index in [9.17, 15) is 4.79 Å². The first-order valence-electron chi connectivity index (χ1n) is 5.10. The number of carbonyl (C=O) groups excluding carboxylic acids is 1. The van der Waals surface area contributed by atoms with Crippen LogP contribution >= 0.6 is 12.2 Å². The number of benzene rings is 1. The van der Waals surface area contributed by atoms with Crippen LogP contribution in [0, 0.1) is 0 Å². The molecule has 1 aromatic rings. The van der Waals surface area contributed by atoms with E-state index in [1.807, 2.05) is 0 Å². The molecule has 18 heavy (non-hydrogen) atoms. The number of hydrogen-bond donors (Lipinski definition) is 3. The molecule has 1 aromatic carbocycles. The zero-order valence-electron chi connectivity index (χ0n) is 10.1. The average molecular weight is 269 g/mol. The predicted molar refractivity (Wildman–Crippen MR) is 73.9 cm³/mol. The monoisotopic (exact) mass is 269 g/mol. The highest BCUT2D eigenvalue weighted by atomic mass is 32.1. The summed E-state index contributed by atoms with van der Waals surface area (Å²) in [7, 11) is 2.96. The van der Waals surface area contributed by atoms with Crippen LogP contribution < -0.4 is 21.1 Å². The van der Waals surface area contributed by atoms with Gasteiger partial charge in [-0.2, -0.15) is 0 Å². The van der Waals surface area contributed by atoms with E-state index in [0.29, 0.717) is 17.1 Å². The smallest absolute Gasteiger partial charge is 0.250 e. The number of nitrogens with one attached hydrogen (secondary N) is 2. The first kappa shape index (κ1) is 14.2. The quantitative estimate of drug-likeness (QED) is 0.690. The highest BCUT2D eigenvalue weighted by molar-refractivity contribution is 7.80. The van der Waals surface area contributed by atoms with E-state index < -0.39 is 0 Å². The van der Waals surface area contributed by atoms with Gasteiger partial charge < -0.3 is 25.8 Å². The van der Waals surface area contributed by atoms with Gasteiger partial charge in [-0.3, -0.25) is 4.79 Å². The summed E-state index contributed by atoms with van der Waals surface area (Å²) < 4.78 is 9.89. The van der Waals surface area contributed by atoms with Crippen molar-refractivity contribution in [2.24, 2.45) is 5.73 Å². The van der Waals surface area contributed by atoms with Crippen molar-refractivity contribution in [3.05, 3.63) is 18.2 Å². The Morgan fingerprint density at radius 3 is 2.67 bits per heavy atom. The third-order valence-electron chi connectivity index (χ3n) is 2.02. The van der Waals surface area contributed by atoms with E-state index in [1.165, 1.54) is 14.2 Å². The van der Waals surface area contributed by atoms with E-state index in [1.54, 1.807) is 18.2 Å². The second kappa shape index (κ2) is 6.77. The Morgan fingerprint density at radius 2 is 2.11 bits per heavy atom. The van der Waals surface area contributed by atoms with E-state index in [2.05, 4.69) is 10.6 Å². The standard InChI is InChI=1S/C11H15N3O3S/c1-16-6-10(15)14-8-4-3-7(13-11(12)18)5-9(8)17-2/h3-5H,6H2,1-2H3,(H,14,15)(H3,12,13,18). The summed E-state index contributed by atoms with van der Waals surface area (Å²) in [6.45, 7) is -0.0178. The summed E-state index contributed by atoms with van der Waals surface area (Å²) in [6, 6.07) is 5.10. The van der Waals surface area contributed by atoms with Gasteiger partial charge >= 0.3 is 0 Å². The molecule has 7 heteroatoms. The van der Waals surface area contributed by atoms with Crippen molar-refractivity contribution in [1.29, 1.82) is 0 Å². The maximum atomic E-state index is 11.4. The van der Waals surface area contributed by atoms with Crippen LogP contribution in [0.2, 0.25) is 0 Å². The van der Waals surface area contributed by atoms with E-state index >= 15 is 0 Å². The zero-order chi connectivity index (χ0) is 13.5. The van der Waals surface area contributed by atoms with Crippen molar-refractivity contribution in [1.82, 2.24) is 0 Å². The number of methoxy groups -OCH3 is 2. The van der Waals surface area contributed by atoms with Crippen LogP contribution in [0.5, 0.6) is 5.75 Å². The van der Waals surface area contributed by atoms with Crippen molar-refractivity contribution in [2.75, 3.05) is 31.5 Å². The van der Waals surface area contributed by atoms with Gasteiger partial charge in [0.2, 0.25) is 5.91 Å². The molecule has 0 atom stereocenters. The molecule has 98 valence electrons. The van der Waals surface area contributed by atoms with Gasteiger partial charge in [0.15, 0.2) is 5.11 Å². The lowest BCUT2D eigenvalue weighted by Gasteiger charge is -2.12. The van der Waals surface area contributed by atoms with Crippen LogP contribution in [0.15, 0.2) is 18.2 Å². The van der Waals surface area contributed by atoms with Gasteiger partial charge in [0.05, 0.1) is 12.8 Å². The van der Waals surface area contributed by atoms with E-state index in [0.717, 1.165) is 0 Å². The van der Waals surface area contributed by atoms with Gasteiger partial charge in [-0.25, -0.2) is 0 Å². The fraction of sp³-hybridized carbons (Fsp3) is 0.273. The van der Waals surface area contributed by atoms with Gasteiger partial charge in [-0.05, 0) is 24.4 Å². The van der Waals surface area contributed by atoms with Crippen LogP contribution in [0.3, 0.4) is 0 Å². The fourth-order valence-corrected chi connectivity index (χ4v) is 1.45. The minimum absolute atomic E-state index is 0.0178. The number of hydrogen-bond acceptors (Lipinski definition) is 4. The third kappa shape index (κ3) is 4.19. The number of rotatable bonds is 5. The Balaban J connectivity index is 2.86. The van der Waals surface area contributed by atoms with E-state index in [-0.39, 0.29) is 17.6 Å². The molecule has 0 radical (unpaired) electrons. The molecule has 0 aromatic heterocycles. The minimum Gasteiger partial charge on any atom is -0.494 e. The summed E-state index contributed by atoms with van der Waals surface area (Å²) in [6.07, 6.45) is 0. The number of nitrogens with two attached hydrogens (primary N) is 1. The average Bonchev–Trinajstić information content (AvgIpc) is 2.30. The molecule has 6 nitrogen and oxygen atoms in total. The van der Waals surface area contributed by atoms with Gasteiger partial charge in [0.25, 0.3) is 0 Å². The van der Waals surface area contributed by atoms with E-state index in [4.69, 9.17) is 27.4 Å². The highest BCUT2D eigenvalue weighted by Crippen LogP contribution is 2.27. The first-order valence-corrected chi connectivity index (χ1v) is 5.51. The van der Waals surface area contributed by atoms with Crippen molar-refractivity contribution in [2.45, 2.75) is 0 Å². The minimum atomic E-state index is -0.258. The number of carbonyl (C=O) groups is 1. The molecule has 0 unspecified atom stereocenters. The largest absolute Gasteiger partial charge is 0.494 e. The number of anilines is 2. The molecule has 0 fully saturated rings. The molecule has 4 N–H and O–H groups in total. The van der Waals surface area contributed by atoms with Crippen LogP contribution in [0.4, 0.5) is 11.4 Å². The van der Waals surface area contributed by atoms with Crippen LogP contribution in [-0.4, -0.2) is 31.8 Å². The molecule has 0 saturated carbocycles. The molecule has 0 aliphatic heterocycles. The lowest BCUT2D eigenvalue weighted by molar-refractivity contribution is -0.119. The molecule has 0 heterocycles. The first-order chi connectivity index (χ1) is 8.56. The molecular formula is C11H15N3O3S. The predicted octanol–water partition coefficient (Wildman–Crippen LogP) is 0.936. The lowest BCUT2D eigenvalue weighted by Crippen LogP contribution is -2.19. The molecule has 1 rings (SSSR count). The molecule has 0 aliphatic rings. The Bertz CT molecular complexity index is 451.